The van der Waals surface area contributed by atoms with Gasteiger partial charge in [-0.15, -0.1) is 0 Å². The molecule has 0 spiro atoms. The number of hydrogen-bond acceptors (Lipinski definition) is 8. The monoisotopic (exact) mass is 344 g/mol. The van der Waals surface area contributed by atoms with Gasteiger partial charge in [0, 0.05) is 14.1 Å². The minimum Gasteiger partial charge on any atom is -0.394 e. The third-order valence-corrected chi connectivity index (χ3v) is 3.82. The quantitative estimate of drug-likeness (QED) is 0.328. The molecule has 0 saturated carbocycles. The fraction of sp³-hybridized carbons (Fsp3) is 0.615. The summed E-state index contributed by atoms with van der Waals surface area (Å²) in [6.07, 6.45) is -6.16. The Labute approximate surface area is 136 Å². The fourth-order valence-electron chi connectivity index (χ4n) is 2.49. The highest BCUT2D eigenvalue weighted by molar-refractivity contribution is 6.04. The molecule has 11 nitrogen and oxygen atoms in total. The topological polar surface area (TPSA) is 166 Å². The second-order valence-corrected chi connectivity index (χ2v) is 5.23. The van der Waals surface area contributed by atoms with Crippen LogP contribution in [0.4, 0.5) is 0 Å². The lowest BCUT2D eigenvalue weighted by Crippen LogP contribution is -2.56. The Balaban J connectivity index is 2.49. The van der Waals surface area contributed by atoms with Gasteiger partial charge in [0.05, 0.1) is 12.9 Å². The van der Waals surface area contributed by atoms with Crippen LogP contribution in [-0.4, -0.2) is 86.9 Å². The first-order valence-electron chi connectivity index (χ1n) is 7.18. The minimum absolute atomic E-state index is 0.193. The summed E-state index contributed by atoms with van der Waals surface area (Å²) in [5.41, 5.74) is -0.394. The van der Waals surface area contributed by atoms with Gasteiger partial charge >= 0.3 is 0 Å². The largest absolute Gasteiger partial charge is 0.394 e. The molecule has 5 atom stereocenters. The summed E-state index contributed by atoms with van der Waals surface area (Å²) in [4.78, 5) is 27.9. The molecule has 2 rings (SSSR count). The molecule has 0 radical (unpaired) electrons. The predicted octanol–water partition coefficient (Wildman–Crippen LogP) is -3.43. The van der Waals surface area contributed by atoms with Gasteiger partial charge in [0.15, 0.2) is 11.9 Å². The van der Waals surface area contributed by atoms with E-state index in [-0.39, 0.29) is 11.4 Å². The summed E-state index contributed by atoms with van der Waals surface area (Å²) >= 11 is 0. The second-order valence-electron chi connectivity index (χ2n) is 5.23. The summed E-state index contributed by atoms with van der Waals surface area (Å²) in [6.45, 7) is -0.617. The number of ether oxygens (including phenoxy) is 1. The van der Waals surface area contributed by atoms with Crippen LogP contribution in [0.3, 0.4) is 0 Å². The smallest absolute Gasteiger partial charge is 0.272 e. The van der Waals surface area contributed by atoms with E-state index in [4.69, 9.17) is 4.74 Å². The van der Waals surface area contributed by atoms with Gasteiger partial charge in [-0.25, -0.2) is 4.98 Å². The highest BCUT2D eigenvalue weighted by Gasteiger charge is 2.45. The molecule has 6 N–H and O–H groups in total. The molecule has 1 aliphatic rings. The van der Waals surface area contributed by atoms with Crippen LogP contribution in [0.2, 0.25) is 0 Å². The number of carbonyl (C=O) groups excluding carboxylic acids is 2. The number of carbonyl (C=O) groups is 2. The highest BCUT2D eigenvalue weighted by atomic mass is 16.6. The van der Waals surface area contributed by atoms with E-state index in [1.165, 1.54) is 14.1 Å². The average Bonchev–Trinajstić information content (AvgIpc) is 3.03. The highest BCUT2D eigenvalue weighted by Crippen LogP contribution is 2.30. The molecule has 2 amide bonds. The van der Waals surface area contributed by atoms with Crippen LogP contribution in [0, 0.1) is 0 Å². The Hall–Kier alpha value is -2.05. The number of amides is 2. The maximum atomic E-state index is 12.1. The zero-order chi connectivity index (χ0) is 18.0. The van der Waals surface area contributed by atoms with Gasteiger partial charge in [-0.3, -0.25) is 14.2 Å². The fourth-order valence-corrected chi connectivity index (χ4v) is 2.49. The molecule has 134 valence electrons. The number of rotatable bonds is 4. The number of hydrogen-bond donors (Lipinski definition) is 6. The molecule has 2 heterocycles. The zero-order valence-electron chi connectivity index (χ0n) is 13.1. The first kappa shape index (κ1) is 18.3. The molecular formula is C13H20N4O7. The van der Waals surface area contributed by atoms with Crippen molar-refractivity contribution in [2.45, 2.75) is 30.6 Å². The minimum atomic E-state index is -1.62. The van der Waals surface area contributed by atoms with Crippen LogP contribution in [-0.2, 0) is 4.74 Å². The Morgan fingerprint density at radius 1 is 1.17 bits per heavy atom. The molecule has 0 bridgehead atoms. The van der Waals surface area contributed by atoms with Crippen LogP contribution >= 0.6 is 0 Å². The van der Waals surface area contributed by atoms with Crippen molar-refractivity contribution in [3.8, 4) is 0 Å². The van der Waals surface area contributed by atoms with E-state index in [2.05, 4.69) is 15.6 Å². The number of nitrogens with zero attached hydrogens (tertiary/aromatic N) is 2. The Morgan fingerprint density at radius 3 is 2.33 bits per heavy atom. The van der Waals surface area contributed by atoms with E-state index in [1.807, 2.05) is 0 Å². The molecule has 0 aromatic carbocycles. The van der Waals surface area contributed by atoms with Crippen molar-refractivity contribution in [1.82, 2.24) is 20.2 Å². The molecule has 1 fully saturated rings. The van der Waals surface area contributed by atoms with Gasteiger partial charge in [0.25, 0.3) is 11.8 Å². The van der Waals surface area contributed by atoms with Gasteiger partial charge < -0.3 is 35.8 Å². The summed E-state index contributed by atoms with van der Waals surface area (Å²) in [7, 11) is 2.71. The van der Waals surface area contributed by atoms with Gasteiger partial charge in [-0.05, 0) is 0 Å². The van der Waals surface area contributed by atoms with E-state index in [1.54, 1.807) is 0 Å². The van der Waals surface area contributed by atoms with Gasteiger partial charge in [0.1, 0.15) is 30.1 Å². The summed E-state index contributed by atoms with van der Waals surface area (Å²) in [5.74, 6) is -1.29. The van der Waals surface area contributed by atoms with Crippen molar-refractivity contribution in [3.63, 3.8) is 0 Å². The predicted molar refractivity (Wildman–Crippen MR) is 78.0 cm³/mol. The maximum absolute atomic E-state index is 12.1. The van der Waals surface area contributed by atoms with Crippen LogP contribution in [0.15, 0.2) is 6.33 Å². The third-order valence-electron chi connectivity index (χ3n) is 3.82. The van der Waals surface area contributed by atoms with Crippen LogP contribution in [0.1, 0.15) is 27.2 Å². The molecule has 1 aliphatic heterocycles. The van der Waals surface area contributed by atoms with Crippen molar-refractivity contribution in [2.75, 3.05) is 20.7 Å². The zero-order valence-corrected chi connectivity index (χ0v) is 13.1. The second kappa shape index (κ2) is 7.23. The van der Waals surface area contributed by atoms with Crippen LogP contribution in [0.5, 0.6) is 0 Å². The SMILES string of the molecule is CNC(=O)c1ncn([C@@H]2O[C@H](CO)[C@H](O)[C@H](O)[C@@H]2O)c1C(=O)NC. The van der Waals surface area contributed by atoms with E-state index < -0.39 is 49.1 Å². The maximum Gasteiger partial charge on any atom is 0.272 e. The van der Waals surface area contributed by atoms with E-state index >= 15 is 0 Å². The number of aliphatic hydroxyl groups is 4. The normalized spacial score (nSPS) is 30.0. The molecule has 1 aromatic heterocycles. The lowest BCUT2D eigenvalue weighted by atomic mass is 9.98. The molecule has 0 aliphatic carbocycles. The number of imidazole rings is 1. The molecule has 11 heteroatoms. The van der Waals surface area contributed by atoms with Crippen molar-refractivity contribution in [1.29, 1.82) is 0 Å². The number of nitrogens with one attached hydrogen (secondary N) is 2. The van der Waals surface area contributed by atoms with Crippen molar-refractivity contribution >= 4 is 11.8 Å². The molecule has 1 aromatic rings. The van der Waals surface area contributed by atoms with Crippen LogP contribution < -0.4 is 10.6 Å². The summed E-state index contributed by atoms with van der Waals surface area (Å²) in [5, 5.41) is 43.8. The lowest BCUT2D eigenvalue weighted by Gasteiger charge is -2.40. The molecule has 0 unspecified atom stereocenters. The van der Waals surface area contributed by atoms with E-state index in [9.17, 15) is 30.0 Å². The first-order valence-corrected chi connectivity index (χ1v) is 7.18. The summed E-state index contributed by atoms with van der Waals surface area (Å²) < 4.78 is 6.46. The van der Waals surface area contributed by atoms with Crippen LogP contribution in [0.25, 0.3) is 0 Å². The Bertz CT molecular complexity index is 617. The van der Waals surface area contributed by atoms with Gasteiger partial charge in [0.2, 0.25) is 0 Å². The average molecular weight is 344 g/mol. The van der Waals surface area contributed by atoms with E-state index in [0.29, 0.717) is 0 Å². The molecule has 24 heavy (non-hydrogen) atoms. The number of aromatic nitrogens is 2. The van der Waals surface area contributed by atoms with Gasteiger partial charge in [-0.1, -0.05) is 0 Å². The molecular weight excluding hydrogens is 324 g/mol. The van der Waals surface area contributed by atoms with Crippen molar-refractivity contribution in [3.05, 3.63) is 17.7 Å². The Morgan fingerprint density at radius 2 is 1.79 bits per heavy atom. The van der Waals surface area contributed by atoms with E-state index in [0.717, 1.165) is 10.9 Å². The molecule has 1 saturated heterocycles. The van der Waals surface area contributed by atoms with Gasteiger partial charge in [-0.2, -0.15) is 0 Å². The Kier molecular flexibility index (Phi) is 5.51. The lowest BCUT2D eigenvalue weighted by molar-refractivity contribution is -0.251. The van der Waals surface area contributed by atoms with Crippen molar-refractivity contribution in [2.24, 2.45) is 0 Å². The third kappa shape index (κ3) is 2.99. The summed E-state index contributed by atoms with van der Waals surface area (Å²) in [6, 6.07) is 0. The van der Waals surface area contributed by atoms with Crippen molar-refractivity contribution < 1.29 is 34.8 Å². The standard InChI is InChI=1S/C13H20N4O7/c1-14-11(22)6-7(12(23)15-2)17(4-16-6)13-10(21)9(20)8(19)5(3-18)24-13/h4-5,8-10,13,18-21H,3H2,1-2H3,(H,14,22)(H,15,23)/t5-,8+,9+,10+,13-/m1/s1. The number of aliphatic hydroxyl groups excluding tert-OH is 4. The first-order chi connectivity index (χ1) is 11.4.